The molecular weight excluding hydrogens is 336 g/mol. The van der Waals surface area contributed by atoms with Crippen molar-refractivity contribution in [2.45, 2.75) is 19.4 Å². The number of ether oxygens (including phenoxy) is 1. The zero-order chi connectivity index (χ0) is 17.6. The first kappa shape index (κ1) is 17.5. The molecule has 2 heterocycles. The maximum Gasteiger partial charge on any atom is 0.263 e. The molecule has 1 aliphatic rings. The maximum absolute atomic E-state index is 12.5. The van der Waals surface area contributed by atoms with Crippen LogP contribution in [0.15, 0.2) is 41.8 Å². The van der Waals surface area contributed by atoms with Crippen molar-refractivity contribution in [2.24, 2.45) is 5.92 Å². The first-order valence-corrected chi connectivity index (χ1v) is 9.29. The Morgan fingerprint density at radius 2 is 2.08 bits per heavy atom. The summed E-state index contributed by atoms with van der Waals surface area (Å²) in [5.74, 6) is 0.697. The number of rotatable bonds is 5. The minimum atomic E-state index is -0.143. The molecule has 1 aromatic carbocycles. The third-order valence-electron chi connectivity index (χ3n) is 4.44. The SMILES string of the molecule is COc1ccc(CNC(=O)[C@H]2CCCN(C(=O)c3cccs3)C2)cc1. The second kappa shape index (κ2) is 8.16. The number of thiophene rings is 1. The summed E-state index contributed by atoms with van der Waals surface area (Å²) in [6, 6.07) is 11.3. The van der Waals surface area contributed by atoms with Gasteiger partial charge in [0.05, 0.1) is 17.9 Å². The standard InChI is InChI=1S/C19H22N2O3S/c1-24-16-8-6-14(7-9-16)12-20-18(22)15-4-2-10-21(13-15)19(23)17-5-3-11-25-17/h3,5-9,11,15H,2,4,10,12-13H2,1H3,(H,20,22)/t15-/m0/s1. The van der Waals surface area contributed by atoms with E-state index in [1.54, 1.807) is 12.0 Å². The molecule has 2 aromatic rings. The maximum atomic E-state index is 12.5. The van der Waals surface area contributed by atoms with E-state index in [1.165, 1.54) is 11.3 Å². The molecule has 6 heteroatoms. The number of amides is 2. The van der Waals surface area contributed by atoms with Gasteiger partial charge in [-0.15, -0.1) is 11.3 Å². The van der Waals surface area contributed by atoms with Gasteiger partial charge in [0.25, 0.3) is 5.91 Å². The van der Waals surface area contributed by atoms with E-state index in [2.05, 4.69) is 5.32 Å². The number of nitrogens with zero attached hydrogens (tertiary/aromatic N) is 1. The Morgan fingerprint density at radius 1 is 1.28 bits per heavy atom. The summed E-state index contributed by atoms with van der Waals surface area (Å²) in [5.41, 5.74) is 1.02. The first-order valence-electron chi connectivity index (χ1n) is 8.41. The van der Waals surface area contributed by atoms with Crippen molar-refractivity contribution in [3.63, 3.8) is 0 Å². The Balaban J connectivity index is 1.53. The molecule has 0 radical (unpaired) electrons. The topological polar surface area (TPSA) is 58.6 Å². The molecule has 1 N–H and O–H groups in total. The number of carbonyl (C=O) groups excluding carboxylic acids is 2. The highest BCUT2D eigenvalue weighted by atomic mass is 32.1. The van der Waals surface area contributed by atoms with Gasteiger partial charge in [-0.25, -0.2) is 0 Å². The molecule has 1 atom stereocenters. The minimum Gasteiger partial charge on any atom is -0.497 e. The first-order chi connectivity index (χ1) is 12.2. The van der Waals surface area contributed by atoms with E-state index in [0.29, 0.717) is 13.1 Å². The Bertz CT molecular complexity index is 713. The Kier molecular flexibility index (Phi) is 5.71. The summed E-state index contributed by atoms with van der Waals surface area (Å²) in [6.07, 6.45) is 1.68. The molecule has 1 saturated heterocycles. The molecule has 0 aliphatic carbocycles. The fourth-order valence-corrected chi connectivity index (χ4v) is 3.70. The van der Waals surface area contributed by atoms with Gasteiger partial charge in [0.15, 0.2) is 0 Å². The van der Waals surface area contributed by atoms with Crippen LogP contribution < -0.4 is 10.1 Å². The van der Waals surface area contributed by atoms with Gasteiger partial charge < -0.3 is 15.0 Å². The largest absolute Gasteiger partial charge is 0.497 e. The average Bonchev–Trinajstić information content (AvgIpc) is 3.20. The monoisotopic (exact) mass is 358 g/mol. The van der Waals surface area contributed by atoms with Gasteiger partial charge >= 0.3 is 0 Å². The number of methoxy groups -OCH3 is 1. The zero-order valence-electron chi connectivity index (χ0n) is 14.2. The van der Waals surface area contributed by atoms with Gasteiger partial charge in [0.2, 0.25) is 5.91 Å². The highest BCUT2D eigenvalue weighted by Crippen LogP contribution is 2.21. The van der Waals surface area contributed by atoms with E-state index < -0.39 is 0 Å². The number of hydrogen-bond donors (Lipinski definition) is 1. The molecule has 5 nitrogen and oxygen atoms in total. The molecule has 0 unspecified atom stereocenters. The summed E-state index contributed by atoms with van der Waals surface area (Å²) >= 11 is 1.44. The molecular formula is C19H22N2O3S. The van der Waals surface area contributed by atoms with E-state index in [4.69, 9.17) is 4.74 Å². The minimum absolute atomic E-state index is 0.0134. The van der Waals surface area contributed by atoms with E-state index in [9.17, 15) is 9.59 Å². The highest BCUT2D eigenvalue weighted by molar-refractivity contribution is 7.12. The Labute approximate surface area is 151 Å². The van der Waals surface area contributed by atoms with Crippen LogP contribution in [0, 0.1) is 5.92 Å². The molecule has 1 aliphatic heterocycles. The van der Waals surface area contributed by atoms with Crippen molar-refractivity contribution < 1.29 is 14.3 Å². The van der Waals surface area contributed by atoms with E-state index in [0.717, 1.165) is 35.6 Å². The lowest BCUT2D eigenvalue weighted by Gasteiger charge is -2.31. The van der Waals surface area contributed by atoms with Crippen LogP contribution in [0.1, 0.15) is 28.1 Å². The number of hydrogen-bond acceptors (Lipinski definition) is 4. The van der Waals surface area contributed by atoms with Crippen molar-refractivity contribution in [2.75, 3.05) is 20.2 Å². The summed E-state index contributed by atoms with van der Waals surface area (Å²) in [7, 11) is 1.63. The highest BCUT2D eigenvalue weighted by Gasteiger charge is 2.29. The molecule has 132 valence electrons. The molecule has 1 aromatic heterocycles. The van der Waals surface area contributed by atoms with Gasteiger partial charge in [-0.2, -0.15) is 0 Å². The predicted octanol–water partition coefficient (Wildman–Crippen LogP) is 2.93. The van der Waals surface area contributed by atoms with Crippen molar-refractivity contribution in [1.82, 2.24) is 10.2 Å². The Morgan fingerprint density at radius 3 is 2.76 bits per heavy atom. The smallest absolute Gasteiger partial charge is 0.263 e. The summed E-state index contributed by atoms with van der Waals surface area (Å²) in [4.78, 5) is 27.5. The zero-order valence-corrected chi connectivity index (χ0v) is 15.1. The fraction of sp³-hybridized carbons (Fsp3) is 0.368. The van der Waals surface area contributed by atoms with Crippen LogP contribution in [0.3, 0.4) is 0 Å². The lowest BCUT2D eigenvalue weighted by Crippen LogP contribution is -2.45. The van der Waals surface area contributed by atoms with Gasteiger partial charge in [-0.1, -0.05) is 18.2 Å². The second-order valence-electron chi connectivity index (χ2n) is 6.13. The van der Waals surface area contributed by atoms with Crippen LogP contribution in [-0.2, 0) is 11.3 Å². The van der Waals surface area contributed by atoms with Gasteiger partial charge in [0.1, 0.15) is 5.75 Å². The number of benzene rings is 1. The number of carbonyl (C=O) groups is 2. The Hall–Kier alpha value is -2.34. The lowest BCUT2D eigenvalue weighted by atomic mass is 9.97. The van der Waals surface area contributed by atoms with Crippen LogP contribution in [0.25, 0.3) is 0 Å². The third-order valence-corrected chi connectivity index (χ3v) is 5.30. The average molecular weight is 358 g/mol. The molecule has 3 rings (SSSR count). The summed E-state index contributed by atoms with van der Waals surface area (Å²) < 4.78 is 5.13. The van der Waals surface area contributed by atoms with Crippen molar-refractivity contribution in [3.05, 3.63) is 52.2 Å². The molecule has 1 fully saturated rings. The van der Waals surface area contributed by atoms with Crippen LogP contribution in [0.2, 0.25) is 0 Å². The molecule has 0 saturated carbocycles. The number of nitrogens with one attached hydrogen (secondary N) is 1. The van der Waals surface area contributed by atoms with Gasteiger partial charge in [0, 0.05) is 19.6 Å². The van der Waals surface area contributed by atoms with Crippen molar-refractivity contribution in [3.8, 4) is 5.75 Å². The summed E-state index contributed by atoms with van der Waals surface area (Å²) in [5, 5.41) is 4.88. The van der Waals surface area contributed by atoms with Crippen molar-refractivity contribution >= 4 is 23.2 Å². The van der Waals surface area contributed by atoms with E-state index >= 15 is 0 Å². The van der Waals surface area contributed by atoms with Gasteiger partial charge in [-0.3, -0.25) is 9.59 Å². The molecule has 2 amide bonds. The molecule has 0 bridgehead atoms. The van der Waals surface area contributed by atoms with Gasteiger partial charge in [-0.05, 0) is 42.0 Å². The van der Waals surface area contributed by atoms with Crippen LogP contribution in [0.5, 0.6) is 5.75 Å². The normalized spacial score (nSPS) is 17.2. The lowest BCUT2D eigenvalue weighted by molar-refractivity contribution is -0.126. The van der Waals surface area contributed by atoms with E-state index in [-0.39, 0.29) is 17.7 Å². The molecule has 25 heavy (non-hydrogen) atoms. The number of piperidine rings is 1. The van der Waals surface area contributed by atoms with Crippen LogP contribution in [-0.4, -0.2) is 36.9 Å². The third kappa shape index (κ3) is 4.39. The second-order valence-corrected chi connectivity index (χ2v) is 7.08. The fourth-order valence-electron chi connectivity index (χ4n) is 3.01. The quantitative estimate of drug-likeness (QED) is 0.894. The predicted molar refractivity (Wildman–Crippen MR) is 97.8 cm³/mol. The van der Waals surface area contributed by atoms with Crippen molar-refractivity contribution in [1.29, 1.82) is 0 Å². The molecule has 0 spiro atoms. The number of likely N-dealkylation sites (tertiary alicyclic amines) is 1. The van der Waals surface area contributed by atoms with Crippen LogP contribution in [0.4, 0.5) is 0 Å². The summed E-state index contributed by atoms with van der Waals surface area (Å²) in [6.45, 7) is 1.70. The van der Waals surface area contributed by atoms with E-state index in [1.807, 2.05) is 41.8 Å². The van der Waals surface area contributed by atoms with Crippen LogP contribution >= 0.6 is 11.3 Å².